The first-order valence-electron chi connectivity index (χ1n) is 6.71. The number of benzene rings is 1. The maximum Gasteiger partial charge on any atom is 0.251 e. The van der Waals surface area contributed by atoms with Gasteiger partial charge in [0.15, 0.2) is 0 Å². The summed E-state index contributed by atoms with van der Waals surface area (Å²) in [4.78, 5) is 11.9. The van der Waals surface area contributed by atoms with Crippen molar-refractivity contribution in [2.45, 2.75) is 45.8 Å². The van der Waals surface area contributed by atoms with Gasteiger partial charge in [-0.15, -0.1) is 0 Å². The Labute approximate surface area is 115 Å². The first-order chi connectivity index (χ1) is 8.84. The lowest BCUT2D eigenvalue weighted by atomic mass is 10.0. The van der Waals surface area contributed by atoms with Crippen LogP contribution in [0.15, 0.2) is 24.3 Å². The molecule has 0 aliphatic carbocycles. The Bertz CT molecular complexity index is 424. The molecule has 4 heteroatoms. The van der Waals surface area contributed by atoms with Crippen molar-refractivity contribution in [1.82, 2.24) is 5.32 Å². The first-order valence-corrected chi connectivity index (χ1v) is 6.71. The molecule has 3 N–H and O–H groups in total. The highest BCUT2D eigenvalue weighted by Crippen LogP contribution is 2.17. The largest absolute Gasteiger partial charge is 0.388 e. The van der Waals surface area contributed by atoms with Crippen LogP contribution in [0.1, 0.15) is 44.5 Å². The number of anilines is 1. The van der Waals surface area contributed by atoms with Crippen LogP contribution in [0.4, 0.5) is 5.69 Å². The third-order valence-corrected chi connectivity index (χ3v) is 3.10. The van der Waals surface area contributed by atoms with Gasteiger partial charge in [0.05, 0.1) is 11.6 Å². The zero-order valence-electron chi connectivity index (χ0n) is 12.2. The van der Waals surface area contributed by atoms with E-state index in [0.717, 1.165) is 12.1 Å². The highest BCUT2D eigenvalue weighted by Gasteiger charge is 2.22. The lowest BCUT2D eigenvalue weighted by Crippen LogP contribution is -2.39. The molecule has 0 fully saturated rings. The Morgan fingerprint density at radius 1 is 1.42 bits per heavy atom. The van der Waals surface area contributed by atoms with Gasteiger partial charge in [-0.25, -0.2) is 0 Å². The fraction of sp³-hybridized carbons (Fsp3) is 0.533. The molecular formula is C15H24N2O2. The molecule has 4 nitrogen and oxygen atoms in total. The number of carbonyl (C=O) groups is 1. The van der Waals surface area contributed by atoms with Crippen LogP contribution in [0.3, 0.4) is 0 Å². The highest BCUT2D eigenvalue weighted by molar-refractivity contribution is 5.95. The zero-order valence-corrected chi connectivity index (χ0v) is 12.2. The number of carbonyl (C=O) groups excluding carboxylic acids is 1. The summed E-state index contributed by atoms with van der Waals surface area (Å²) in [6, 6.07) is 7.19. The second kappa shape index (κ2) is 6.57. The molecule has 1 rings (SSSR count). The minimum absolute atomic E-state index is 0.0681. The normalized spacial score (nSPS) is 12.9. The Hall–Kier alpha value is -1.55. The SMILES string of the molecule is CCCNC(=O)c1cccc(NC(C)C(C)(C)O)c1. The van der Waals surface area contributed by atoms with Crippen molar-refractivity contribution >= 4 is 11.6 Å². The van der Waals surface area contributed by atoms with Crippen molar-refractivity contribution in [3.63, 3.8) is 0 Å². The van der Waals surface area contributed by atoms with Crippen LogP contribution in [-0.4, -0.2) is 29.2 Å². The van der Waals surface area contributed by atoms with Crippen molar-refractivity contribution in [1.29, 1.82) is 0 Å². The lowest BCUT2D eigenvalue weighted by Gasteiger charge is -2.27. The van der Waals surface area contributed by atoms with Crippen LogP contribution in [0, 0.1) is 0 Å². The molecule has 1 aromatic rings. The molecule has 0 aromatic heterocycles. The quantitative estimate of drug-likeness (QED) is 0.739. The number of nitrogens with one attached hydrogen (secondary N) is 2. The summed E-state index contributed by atoms with van der Waals surface area (Å²) < 4.78 is 0. The van der Waals surface area contributed by atoms with Crippen LogP contribution >= 0.6 is 0 Å². The number of amides is 1. The third kappa shape index (κ3) is 4.91. The fourth-order valence-corrected chi connectivity index (χ4v) is 1.52. The van der Waals surface area contributed by atoms with Crippen LogP contribution in [0.25, 0.3) is 0 Å². The van der Waals surface area contributed by atoms with E-state index in [1.54, 1.807) is 26.0 Å². The van der Waals surface area contributed by atoms with E-state index in [1.165, 1.54) is 0 Å². The van der Waals surface area contributed by atoms with E-state index >= 15 is 0 Å². The molecule has 0 saturated heterocycles. The molecule has 1 atom stereocenters. The van der Waals surface area contributed by atoms with Gasteiger partial charge in [0.2, 0.25) is 0 Å². The minimum Gasteiger partial charge on any atom is -0.388 e. The second-order valence-electron chi connectivity index (χ2n) is 5.36. The second-order valence-corrected chi connectivity index (χ2v) is 5.36. The van der Waals surface area contributed by atoms with Gasteiger partial charge < -0.3 is 15.7 Å². The standard InChI is InChI=1S/C15H24N2O2/c1-5-9-16-14(18)12-7-6-8-13(10-12)17-11(2)15(3,4)19/h6-8,10-11,17,19H,5,9H2,1-4H3,(H,16,18). The molecule has 0 aliphatic rings. The van der Waals surface area contributed by atoms with Gasteiger partial charge in [-0.05, 0) is 45.4 Å². The maximum absolute atomic E-state index is 11.9. The molecule has 1 unspecified atom stereocenters. The summed E-state index contributed by atoms with van der Waals surface area (Å²) in [6.45, 7) is 8.11. The van der Waals surface area contributed by atoms with E-state index in [9.17, 15) is 9.90 Å². The fourth-order valence-electron chi connectivity index (χ4n) is 1.52. The molecule has 19 heavy (non-hydrogen) atoms. The van der Waals surface area contributed by atoms with E-state index in [-0.39, 0.29) is 11.9 Å². The maximum atomic E-state index is 11.9. The van der Waals surface area contributed by atoms with Gasteiger partial charge >= 0.3 is 0 Å². The first kappa shape index (κ1) is 15.5. The van der Waals surface area contributed by atoms with Crippen LogP contribution in [0.2, 0.25) is 0 Å². The van der Waals surface area contributed by atoms with E-state index < -0.39 is 5.60 Å². The summed E-state index contributed by atoms with van der Waals surface area (Å²) in [7, 11) is 0. The van der Waals surface area contributed by atoms with E-state index in [4.69, 9.17) is 0 Å². The smallest absolute Gasteiger partial charge is 0.251 e. The Morgan fingerprint density at radius 3 is 2.68 bits per heavy atom. The van der Waals surface area contributed by atoms with Crippen LogP contribution in [0.5, 0.6) is 0 Å². The van der Waals surface area contributed by atoms with E-state index in [2.05, 4.69) is 10.6 Å². The molecule has 0 bridgehead atoms. The molecule has 0 heterocycles. The number of rotatable bonds is 6. The third-order valence-electron chi connectivity index (χ3n) is 3.10. The predicted molar refractivity (Wildman–Crippen MR) is 78.4 cm³/mol. The Kier molecular flexibility index (Phi) is 5.36. The summed E-state index contributed by atoms with van der Waals surface area (Å²) in [5.74, 6) is -0.0681. The highest BCUT2D eigenvalue weighted by atomic mass is 16.3. The molecule has 0 aliphatic heterocycles. The summed E-state index contributed by atoms with van der Waals surface area (Å²) in [5, 5.41) is 15.9. The topological polar surface area (TPSA) is 61.4 Å². The molecular weight excluding hydrogens is 240 g/mol. The van der Waals surface area contributed by atoms with Crippen LogP contribution in [-0.2, 0) is 0 Å². The van der Waals surface area contributed by atoms with Gasteiger partial charge in [-0.3, -0.25) is 4.79 Å². The van der Waals surface area contributed by atoms with E-state index in [0.29, 0.717) is 12.1 Å². The van der Waals surface area contributed by atoms with Gasteiger partial charge in [0.25, 0.3) is 5.91 Å². The van der Waals surface area contributed by atoms with Crippen molar-refractivity contribution < 1.29 is 9.90 Å². The van der Waals surface area contributed by atoms with Crippen molar-refractivity contribution in [2.24, 2.45) is 0 Å². The van der Waals surface area contributed by atoms with Crippen molar-refractivity contribution in [3.05, 3.63) is 29.8 Å². The molecule has 0 radical (unpaired) electrons. The number of hydrogen-bond acceptors (Lipinski definition) is 3. The van der Waals surface area contributed by atoms with Crippen molar-refractivity contribution in [3.8, 4) is 0 Å². The average Bonchev–Trinajstić information content (AvgIpc) is 2.35. The lowest BCUT2D eigenvalue weighted by molar-refractivity contribution is 0.0649. The van der Waals surface area contributed by atoms with Gasteiger partial charge in [-0.1, -0.05) is 13.0 Å². The van der Waals surface area contributed by atoms with Gasteiger partial charge in [-0.2, -0.15) is 0 Å². The van der Waals surface area contributed by atoms with Crippen LogP contribution < -0.4 is 10.6 Å². The molecule has 0 saturated carbocycles. The molecule has 0 spiro atoms. The zero-order chi connectivity index (χ0) is 14.5. The summed E-state index contributed by atoms with van der Waals surface area (Å²) in [6.07, 6.45) is 0.916. The summed E-state index contributed by atoms with van der Waals surface area (Å²) >= 11 is 0. The number of aliphatic hydroxyl groups is 1. The predicted octanol–water partition coefficient (Wildman–Crippen LogP) is 2.40. The van der Waals surface area contributed by atoms with Crippen molar-refractivity contribution in [2.75, 3.05) is 11.9 Å². The van der Waals surface area contributed by atoms with Gasteiger partial charge in [0, 0.05) is 17.8 Å². The van der Waals surface area contributed by atoms with Gasteiger partial charge in [0.1, 0.15) is 0 Å². The summed E-state index contributed by atoms with van der Waals surface area (Å²) in [5.41, 5.74) is 0.640. The van der Waals surface area contributed by atoms with E-state index in [1.807, 2.05) is 26.0 Å². The minimum atomic E-state index is -0.819. The molecule has 1 amide bonds. The average molecular weight is 264 g/mol. The Balaban J connectivity index is 2.74. The number of hydrogen-bond donors (Lipinski definition) is 3. The Morgan fingerprint density at radius 2 is 2.11 bits per heavy atom. The molecule has 106 valence electrons. The monoisotopic (exact) mass is 264 g/mol. The molecule has 1 aromatic carbocycles.